The Morgan fingerprint density at radius 1 is 1.30 bits per heavy atom. The van der Waals surface area contributed by atoms with Gasteiger partial charge in [0, 0.05) is 31.6 Å². The summed E-state index contributed by atoms with van der Waals surface area (Å²) in [6, 6.07) is 8.07. The number of rotatable bonds is 6. The molecule has 1 N–H and O–H groups in total. The van der Waals surface area contributed by atoms with Gasteiger partial charge in [-0.3, -0.25) is 14.6 Å². The number of benzene rings is 1. The largest absolute Gasteiger partial charge is 0.497 e. The fourth-order valence-corrected chi connectivity index (χ4v) is 4.56. The molecule has 0 radical (unpaired) electrons. The Hall–Kier alpha value is -1.85. The molecule has 148 valence electrons. The molecule has 2 aliphatic heterocycles. The highest BCUT2D eigenvalue weighted by Gasteiger charge is 2.51. The van der Waals surface area contributed by atoms with E-state index in [1.807, 2.05) is 18.2 Å². The summed E-state index contributed by atoms with van der Waals surface area (Å²) in [5, 5.41) is 9.87. The summed E-state index contributed by atoms with van der Waals surface area (Å²) >= 11 is 0. The van der Waals surface area contributed by atoms with Gasteiger partial charge in [0.1, 0.15) is 5.75 Å². The van der Waals surface area contributed by atoms with E-state index < -0.39 is 5.97 Å². The molecule has 5 heteroatoms. The average molecular weight is 373 g/mol. The van der Waals surface area contributed by atoms with Crippen LogP contribution in [0.15, 0.2) is 35.9 Å². The Balaban J connectivity index is 1.66. The van der Waals surface area contributed by atoms with Crippen molar-refractivity contribution in [1.82, 2.24) is 9.80 Å². The molecule has 1 aromatic rings. The lowest BCUT2D eigenvalue weighted by atomic mass is 9.71. The Labute approximate surface area is 162 Å². The van der Waals surface area contributed by atoms with Crippen LogP contribution in [0.25, 0.3) is 0 Å². The fraction of sp³-hybridized carbons (Fsp3) is 0.591. The van der Waals surface area contributed by atoms with Crippen LogP contribution in [0.1, 0.15) is 32.3 Å². The molecule has 2 fully saturated rings. The molecule has 1 atom stereocenters. The molecule has 0 saturated carbocycles. The zero-order chi connectivity index (χ0) is 19.4. The molecule has 2 saturated heterocycles. The summed E-state index contributed by atoms with van der Waals surface area (Å²) in [4.78, 5) is 16.8. The summed E-state index contributed by atoms with van der Waals surface area (Å²) in [6.07, 6.45) is 4.20. The first kappa shape index (κ1) is 19.9. The summed E-state index contributed by atoms with van der Waals surface area (Å²) in [5.74, 6) is -0.0571. The van der Waals surface area contributed by atoms with Crippen LogP contribution in [-0.2, 0) is 11.3 Å². The molecule has 0 amide bonds. The number of nitrogens with zero attached hydrogens (tertiary/aromatic N) is 2. The van der Waals surface area contributed by atoms with E-state index in [0.717, 1.165) is 51.3 Å². The third kappa shape index (κ3) is 4.71. The van der Waals surface area contributed by atoms with E-state index in [9.17, 15) is 9.90 Å². The third-order valence-electron chi connectivity index (χ3n) is 6.17. The first-order chi connectivity index (χ1) is 12.9. The van der Waals surface area contributed by atoms with Gasteiger partial charge in [-0.2, -0.15) is 0 Å². The van der Waals surface area contributed by atoms with Crippen LogP contribution in [0.4, 0.5) is 0 Å². The number of piperidine rings is 1. The van der Waals surface area contributed by atoms with Crippen LogP contribution < -0.4 is 4.74 Å². The van der Waals surface area contributed by atoms with Crippen molar-refractivity contribution in [3.63, 3.8) is 0 Å². The molecule has 2 aliphatic rings. The Kier molecular flexibility index (Phi) is 6.22. The molecule has 1 spiro atoms. The van der Waals surface area contributed by atoms with Gasteiger partial charge in [-0.25, -0.2) is 0 Å². The van der Waals surface area contributed by atoms with E-state index in [2.05, 4.69) is 35.8 Å². The Morgan fingerprint density at radius 2 is 2.04 bits per heavy atom. The third-order valence-corrected chi connectivity index (χ3v) is 6.17. The molecular formula is C22H32N2O3. The van der Waals surface area contributed by atoms with Crippen LogP contribution in [0.3, 0.4) is 0 Å². The van der Waals surface area contributed by atoms with E-state index >= 15 is 0 Å². The zero-order valence-corrected chi connectivity index (χ0v) is 16.8. The van der Waals surface area contributed by atoms with Crippen LogP contribution in [0, 0.1) is 11.3 Å². The second-order valence-corrected chi connectivity index (χ2v) is 8.36. The number of carboxylic acid groups (broad SMARTS) is 1. The van der Waals surface area contributed by atoms with Gasteiger partial charge < -0.3 is 9.84 Å². The lowest BCUT2D eigenvalue weighted by Gasteiger charge is -2.41. The number of allylic oxidation sites excluding steroid dienone is 1. The van der Waals surface area contributed by atoms with Crippen molar-refractivity contribution in [3.8, 4) is 5.75 Å². The van der Waals surface area contributed by atoms with Crippen LogP contribution >= 0.6 is 0 Å². The lowest BCUT2D eigenvalue weighted by Crippen LogP contribution is -2.46. The number of ether oxygens (including phenoxy) is 1. The second kappa shape index (κ2) is 8.44. The van der Waals surface area contributed by atoms with Crippen molar-refractivity contribution >= 4 is 5.97 Å². The topological polar surface area (TPSA) is 53.0 Å². The minimum absolute atomic E-state index is 0.0911. The van der Waals surface area contributed by atoms with Crippen molar-refractivity contribution in [2.75, 3.05) is 39.8 Å². The maximum atomic E-state index is 12.0. The van der Waals surface area contributed by atoms with E-state index in [4.69, 9.17) is 4.74 Å². The predicted octanol–water partition coefficient (Wildman–Crippen LogP) is 3.26. The maximum Gasteiger partial charge on any atom is 0.308 e. The molecule has 3 rings (SSSR count). The number of carboxylic acids is 1. The highest BCUT2D eigenvalue weighted by Crippen LogP contribution is 2.45. The Bertz CT molecular complexity index is 689. The van der Waals surface area contributed by atoms with E-state index in [-0.39, 0.29) is 11.3 Å². The van der Waals surface area contributed by atoms with Gasteiger partial charge in [-0.1, -0.05) is 23.8 Å². The number of methoxy groups -OCH3 is 1. The van der Waals surface area contributed by atoms with Gasteiger partial charge in [-0.15, -0.1) is 0 Å². The summed E-state index contributed by atoms with van der Waals surface area (Å²) < 4.78 is 5.32. The molecule has 0 aliphatic carbocycles. The highest BCUT2D eigenvalue weighted by atomic mass is 16.5. The van der Waals surface area contributed by atoms with Crippen molar-refractivity contribution < 1.29 is 14.6 Å². The highest BCUT2D eigenvalue weighted by molar-refractivity contribution is 5.72. The van der Waals surface area contributed by atoms with Crippen LogP contribution in [-0.4, -0.2) is 60.7 Å². The molecule has 1 unspecified atom stereocenters. The number of aliphatic carboxylic acids is 1. The van der Waals surface area contributed by atoms with E-state index in [1.54, 1.807) is 7.11 Å². The van der Waals surface area contributed by atoms with E-state index in [0.29, 0.717) is 6.54 Å². The molecule has 1 aromatic carbocycles. The standard InChI is InChI=1S/C22H32N2O3/c1-17(2)7-10-23-11-8-22(9-12-23)16-24(15-20(22)21(25)26)14-18-5-4-6-19(13-18)27-3/h4-7,13,20H,8-12,14-16H2,1-3H3,(H,25,26). The summed E-state index contributed by atoms with van der Waals surface area (Å²) in [7, 11) is 1.67. The van der Waals surface area contributed by atoms with Gasteiger partial charge in [0.2, 0.25) is 0 Å². The zero-order valence-electron chi connectivity index (χ0n) is 16.8. The van der Waals surface area contributed by atoms with Gasteiger partial charge in [-0.05, 0) is 57.5 Å². The minimum atomic E-state index is -0.638. The Morgan fingerprint density at radius 3 is 2.67 bits per heavy atom. The number of hydrogen-bond donors (Lipinski definition) is 1. The lowest BCUT2D eigenvalue weighted by molar-refractivity contribution is -0.145. The molecule has 0 bridgehead atoms. The predicted molar refractivity (Wildman–Crippen MR) is 107 cm³/mol. The second-order valence-electron chi connectivity index (χ2n) is 8.36. The quantitative estimate of drug-likeness (QED) is 0.777. The molecular weight excluding hydrogens is 340 g/mol. The minimum Gasteiger partial charge on any atom is -0.497 e. The van der Waals surface area contributed by atoms with Gasteiger partial charge >= 0.3 is 5.97 Å². The van der Waals surface area contributed by atoms with Crippen molar-refractivity contribution in [2.24, 2.45) is 11.3 Å². The number of hydrogen-bond acceptors (Lipinski definition) is 4. The normalized spacial score (nSPS) is 22.7. The maximum absolute atomic E-state index is 12.0. The number of carbonyl (C=O) groups is 1. The SMILES string of the molecule is COc1cccc(CN2CC(C(=O)O)C3(CCN(CC=C(C)C)CC3)C2)c1. The monoisotopic (exact) mass is 372 g/mol. The summed E-state index contributed by atoms with van der Waals surface area (Å²) in [5.41, 5.74) is 2.42. The van der Waals surface area contributed by atoms with Gasteiger partial charge in [0.05, 0.1) is 13.0 Å². The first-order valence-corrected chi connectivity index (χ1v) is 9.86. The van der Waals surface area contributed by atoms with Gasteiger partial charge in [0.25, 0.3) is 0 Å². The van der Waals surface area contributed by atoms with Gasteiger partial charge in [0.15, 0.2) is 0 Å². The molecule has 2 heterocycles. The van der Waals surface area contributed by atoms with Crippen molar-refractivity contribution in [3.05, 3.63) is 41.5 Å². The van der Waals surface area contributed by atoms with E-state index in [1.165, 1.54) is 11.1 Å². The average Bonchev–Trinajstić information content (AvgIpc) is 2.99. The molecule has 0 aromatic heterocycles. The molecule has 5 nitrogen and oxygen atoms in total. The van der Waals surface area contributed by atoms with Crippen LogP contribution in [0.2, 0.25) is 0 Å². The number of likely N-dealkylation sites (tertiary alicyclic amines) is 2. The first-order valence-electron chi connectivity index (χ1n) is 9.86. The van der Waals surface area contributed by atoms with Crippen molar-refractivity contribution in [1.29, 1.82) is 0 Å². The van der Waals surface area contributed by atoms with Crippen molar-refractivity contribution in [2.45, 2.75) is 33.2 Å². The summed E-state index contributed by atoms with van der Waals surface area (Å²) in [6.45, 7) is 9.49. The fourth-order valence-electron chi connectivity index (χ4n) is 4.56. The van der Waals surface area contributed by atoms with Crippen LogP contribution in [0.5, 0.6) is 5.75 Å². The smallest absolute Gasteiger partial charge is 0.308 e. The molecule has 27 heavy (non-hydrogen) atoms.